The van der Waals surface area contributed by atoms with Gasteiger partial charge in [0.15, 0.2) is 5.56 Å². The second-order valence-electron chi connectivity index (χ2n) is 3.54. The molecule has 0 aliphatic rings. The minimum absolute atomic E-state index is 0.299. The standard InChI is InChI=1S/C8H14Cl2O2/c1-8(2,3)7(11)12-6(10)4-5-9/h6H,4-5H2,1-3H3. The van der Waals surface area contributed by atoms with Crippen LogP contribution in [0.1, 0.15) is 27.2 Å². The Kier molecular flexibility index (Phi) is 4.95. The number of ether oxygens (including phenoxy) is 1. The minimum Gasteiger partial charge on any atom is -0.446 e. The molecule has 0 aliphatic carbocycles. The first kappa shape index (κ1) is 12.0. The first-order chi connectivity index (χ1) is 5.38. The highest BCUT2D eigenvalue weighted by Crippen LogP contribution is 2.18. The number of carbonyl (C=O) groups excluding carboxylic acids is 1. The zero-order valence-electron chi connectivity index (χ0n) is 7.56. The van der Waals surface area contributed by atoms with E-state index >= 15 is 0 Å². The highest BCUT2D eigenvalue weighted by Gasteiger charge is 2.25. The van der Waals surface area contributed by atoms with Crippen LogP contribution in [0.2, 0.25) is 0 Å². The van der Waals surface area contributed by atoms with Gasteiger partial charge in [0.25, 0.3) is 0 Å². The van der Waals surface area contributed by atoms with E-state index in [1.807, 2.05) is 0 Å². The number of halogens is 2. The van der Waals surface area contributed by atoms with Crippen molar-refractivity contribution in [3.8, 4) is 0 Å². The number of carbonyl (C=O) groups is 1. The van der Waals surface area contributed by atoms with E-state index in [2.05, 4.69) is 0 Å². The lowest BCUT2D eigenvalue weighted by Gasteiger charge is -2.18. The highest BCUT2D eigenvalue weighted by molar-refractivity contribution is 6.22. The molecule has 0 aromatic heterocycles. The van der Waals surface area contributed by atoms with E-state index < -0.39 is 11.0 Å². The summed E-state index contributed by atoms with van der Waals surface area (Å²) in [7, 11) is 0. The predicted octanol–water partition coefficient (Wildman–Crippen LogP) is 2.77. The van der Waals surface area contributed by atoms with Gasteiger partial charge in [-0.1, -0.05) is 11.6 Å². The van der Waals surface area contributed by atoms with Gasteiger partial charge in [-0.25, -0.2) is 0 Å². The number of hydrogen-bond acceptors (Lipinski definition) is 2. The van der Waals surface area contributed by atoms with Crippen molar-refractivity contribution in [2.75, 3.05) is 5.88 Å². The fourth-order valence-corrected chi connectivity index (χ4v) is 0.938. The normalized spacial score (nSPS) is 14.1. The van der Waals surface area contributed by atoms with E-state index in [1.165, 1.54) is 0 Å². The van der Waals surface area contributed by atoms with Crippen LogP contribution >= 0.6 is 23.2 Å². The first-order valence-corrected chi connectivity index (χ1v) is 4.76. The van der Waals surface area contributed by atoms with Crippen LogP contribution in [-0.2, 0) is 9.53 Å². The van der Waals surface area contributed by atoms with Crippen molar-refractivity contribution in [2.45, 2.75) is 32.8 Å². The van der Waals surface area contributed by atoms with Gasteiger partial charge in [0.1, 0.15) is 0 Å². The van der Waals surface area contributed by atoms with Crippen molar-refractivity contribution in [1.82, 2.24) is 0 Å². The van der Waals surface area contributed by atoms with Gasteiger partial charge in [0, 0.05) is 12.3 Å². The quantitative estimate of drug-likeness (QED) is 0.532. The summed E-state index contributed by atoms with van der Waals surface area (Å²) in [6, 6.07) is 0. The third kappa shape index (κ3) is 4.83. The molecular weight excluding hydrogens is 199 g/mol. The van der Waals surface area contributed by atoms with Crippen LogP contribution in [0.15, 0.2) is 0 Å². The first-order valence-electron chi connectivity index (χ1n) is 3.79. The summed E-state index contributed by atoms with van der Waals surface area (Å²) in [6.45, 7) is 5.33. The molecule has 12 heavy (non-hydrogen) atoms. The molecule has 0 heterocycles. The molecule has 0 fully saturated rings. The summed E-state index contributed by atoms with van der Waals surface area (Å²) >= 11 is 11.1. The molecule has 0 rings (SSSR count). The van der Waals surface area contributed by atoms with Crippen molar-refractivity contribution in [3.63, 3.8) is 0 Å². The van der Waals surface area contributed by atoms with Crippen LogP contribution in [0, 0.1) is 5.41 Å². The van der Waals surface area contributed by atoms with Crippen molar-refractivity contribution < 1.29 is 9.53 Å². The third-order valence-corrected chi connectivity index (χ3v) is 1.71. The zero-order chi connectivity index (χ0) is 9.78. The molecule has 2 nitrogen and oxygen atoms in total. The fraction of sp³-hybridized carbons (Fsp3) is 0.875. The molecule has 4 heteroatoms. The lowest BCUT2D eigenvalue weighted by atomic mass is 9.97. The minimum atomic E-state index is -0.603. The Labute approximate surface area is 83.2 Å². The molecule has 0 radical (unpaired) electrons. The largest absolute Gasteiger partial charge is 0.446 e. The highest BCUT2D eigenvalue weighted by atomic mass is 35.5. The van der Waals surface area contributed by atoms with E-state index in [0.29, 0.717) is 12.3 Å². The van der Waals surface area contributed by atoms with Crippen molar-refractivity contribution in [2.24, 2.45) is 5.41 Å². The monoisotopic (exact) mass is 212 g/mol. The summed E-state index contributed by atoms with van der Waals surface area (Å²) in [5.41, 5.74) is -1.10. The second-order valence-corrected chi connectivity index (χ2v) is 4.41. The van der Waals surface area contributed by atoms with Gasteiger partial charge >= 0.3 is 5.97 Å². The van der Waals surface area contributed by atoms with Gasteiger partial charge in [0.2, 0.25) is 0 Å². The van der Waals surface area contributed by atoms with Crippen molar-refractivity contribution >= 4 is 29.2 Å². The Hall–Kier alpha value is 0.0500. The van der Waals surface area contributed by atoms with Crippen LogP contribution in [0.3, 0.4) is 0 Å². The van der Waals surface area contributed by atoms with Crippen molar-refractivity contribution in [3.05, 3.63) is 0 Å². The topological polar surface area (TPSA) is 26.3 Å². The molecule has 0 saturated carbocycles. The molecule has 0 aromatic carbocycles. The average molecular weight is 213 g/mol. The van der Waals surface area contributed by atoms with Crippen LogP contribution in [0.25, 0.3) is 0 Å². The molecule has 0 amide bonds. The van der Waals surface area contributed by atoms with E-state index in [0.717, 1.165) is 0 Å². The Morgan fingerprint density at radius 3 is 2.33 bits per heavy atom. The van der Waals surface area contributed by atoms with E-state index in [-0.39, 0.29) is 5.97 Å². The SMILES string of the molecule is CC(C)(C)C(=O)OC(Cl)CCCl. The lowest BCUT2D eigenvalue weighted by Crippen LogP contribution is -2.26. The summed E-state index contributed by atoms with van der Waals surface area (Å²) in [4.78, 5) is 11.2. The molecule has 0 aliphatic heterocycles. The predicted molar refractivity (Wildman–Crippen MR) is 50.5 cm³/mol. The van der Waals surface area contributed by atoms with Gasteiger partial charge in [-0.2, -0.15) is 0 Å². The van der Waals surface area contributed by atoms with Crippen LogP contribution in [0.5, 0.6) is 0 Å². The molecule has 0 bridgehead atoms. The van der Waals surface area contributed by atoms with Crippen LogP contribution < -0.4 is 0 Å². The van der Waals surface area contributed by atoms with Crippen molar-refractivity contribution in [1.29, 1.82) is 0 Å². The summed E-state index contributed by atoms with van der Waals surface area (Å²) < 4.78 is 4.90. The Morgan fingerprint density at radius 1 is 1.50 bits per heavy atom. The zero-order valence-corrected chi connectivity index (χ0v) is 9.08. The molecule has 0 saturated heterocycles. The maximum Gasteiger partial charge on any atom is 0.312 e. The van der Waals surface area contributed by atoms with E-state index in [9.17, 15) is 4.79 Å². The second kappa shape index (κ2) is 4.93. The summed E-state index contributed by atoms with van der Waals surface area (Å²) in [5.74, 6) is 0.0959. The fourth-order valence-electron chi connectivity index (χ4n) is 0.438. The average Bonchev–Trinajstić information content (AvgIpc) is 1.85. The smallest absolute Gasteiger partial charge is 0.312 e. The van der Waals surface area contributed by atoms with E-state index in [1.54, 1.807) is 20.8 Å². The molecule has 72 valence electrons. The lowest BCUT2D eigenvalue weighted by molar-refractivity contribution is -0.154. The number of alkyl halides is 2. The third-order valence-electron chi connectivity index (χ3n) is 1.18. The van der Waals surface area contributed by atoms with Crippen LogP contribution in [0.4, 0.5) is 0 Å². The maximum absolute atomic E-state index is 11.2. The van der Waals surface area contributed by atoms with Gasteiger partial charge in [-0.15, -0.1) is 11.6 Å². The number of esters is 1. The molecule has 0 aromatic rings. The molecule has 0 spiro atoms. The Morgan fingerprint density at radius 2 is 2.00 bits per heavy atom. The molecule has 1 unspecified atom stereocenters. The number of hydrogen-bond donors (Lipinski definition) is 0. The van der Waals surface area contributed by atoms with Gasteiger partial charge in [0.05, 0.1) is 5.41 Å². The molecular formula is C8H14Cl2O2. The maximum atomic E-state index is 11.2. The summed E-state index contributed by atoms with van der Waals surface area (Å²) in [5, 5.41) is 0. The van der Waals surface area contributed by atoms with Crippen LogP contribution in [-0.4, -0.2) is 17.4 Å². The van der Waals surface area contributed by atoms with E-state index in [4.69, 9.17) is 27.9 Å². The van der Waals surface area contributed by atoms with Gasteiger partial charge < -0.3 is 4.74 Å². The Balaban J connectivity index is 3.85. The van der Waals surface area contributed by atoms with Gasteiger partial charge in [-0.05, 0) is 20.8 Å². The number of rotatable bonds is 3. The summed E-state index contributed by atoms with van der Waals surface area (Å²) in [6.07, 6.45) is 0.477. The molecule has 0 N–H and O–H groups in total. The Bertz CT molecular complexity index is 152. The molecule has 1 atom stereocenters. The van der Waals surface area contributed by atoms with Gasteiger partial charge in [-0.3, -0.25) is 4.79 Å².